The molecule has 0 aliphatic carbocycles. The molecule has 1 aromatic carbocycles. The number of fused-ring (bicyclic) bond motifs is 1. The normalized spacial score (nSPS) is 23.4. The highest BCUT2D eigenvalue weighted by Gasteiger charge is 2.43. The summed E-state index contributed by atoms with van der Waals surface area (Å²) >= 11 is 0. The number of benzene rings is 1. The zero-order valence-corrected chi connectivity index (χ0v) is 14.1. The molecule has 2 aliphatic rings. The van der Waals surface area contributed by atoms with Crippen molar-refractivity contribution in [3.8, 4) is 11.5 Å². The first-order valence-electron chi connectivity index (χ1n) is 7.53. The molecule has 1 fully saturated rings. The summed E-state index contributed by atoms with van der Waals surface area (Å²) < 4.78 is 37.3. The van der Waals surface area contributed by atoms with Crippen LogP contribution in [0, 0.1) is 22.0 Å². The molecule has 2 atom stereocenters. The topological polar surface area (TPSA) is 136 Å². The second-order valence-electron chi connectivity index (χ2n) is 5.96. The van der Waals surface area contributed by atoms with Gasteiger partial charge in [-0.25, -0.2) is 8.42 Å². The Kier molecular flexibility index (Phi) is 4.29. The third-order valence-electron chi connectivity index (χ3n) is 4.33. The number of sulfonamides is 1. The molecule has 2 heterocycles. The van der Waals surface area contributed by atoms with E-state index in [0.29, 0.717) is 0 Å². The molecule has 10 nitrogen and oxygen atoms in total. The molecule has 0 aromatic heterocycles. The van der Waals surface area contributed by atoms with Gasteiger partial charge in [0.15, 0.2) is 16.4 Å². The summed E-state index contributed by atoms with van der Waals surface area (Å²) in [6, 6.07) is 2.09. The first-order chi connectivity index (χ1) is 11.7. The van der Waals surface area contributed by atoms with Gasteiger partial charge in [0.25, 0.3) is 5.69 Å². The maximum Gasteiger partial charge on any atom is 0.308 e. The van der Waals surface area contributed by atoms with Crippen LogP contribution in [0.3, 0.4) is 0 Å². The Morgan fingerprint density at radius 1 is 1.28 bits per heavy atom. The zero-order valence-electron chi connectivity index (χ0n) is 13.2. The van der Waals surface area contributed by atoms with Crippen molar-refractivity contribution in [3.05, 3.63) is 22.2 Å². The van der Waals surface area contributed by atoms with Crippen molar-refractivity contribution in [3.63, 3.8) is 0 Å². The number of carbonyl (C=O) groups is 1. The van der Waals surface area contributed by atoms with Gasteiger partial charge in [0.2, 0.25) is 10.0 Å². The molecule has 25 heavy (non-hydrogen) atoms. The van der Waals surface area contributed by atoms with Crippen LogP contribution < -0.4 is 9.47 Å². The first-order valence-corrected chi connectivity index (χ1v) is 8.97. The first kappa shape index (κ1) is 17.4. The standard InChI is InChI=1S/C14H16N2O8S/c1-8-6-15(7-9(8)14(17)18)25(21,22)13-5-12-11(23-2-3-24-12)4-10(13)16(19)20/h4-5,8-9H,2-3,6-7H2,1H3,(H,17,18)/t8-,9-/m1/s1. The molecular formula is C14H16N2O8S. The van der Waals surface area contributed by atoms with Crippen LogP contribution in [0.2, 0.25) is 0 Å². The number of carboxylic acids is 1. The summed E-state index contributed by atoms with van der Waals surface area (Å²) in [7, 11) is -4.25. The molecule has 0 unspecified atom stereocenters. The fraction of sp³-hybridized carbons (Fsp3) is 0.500. The minimum atomic E-state index is -4.25. The van der Waals surface area contributed by atoms with Gasteiger partial charge in [0.05, 0.1) is 16.9 Å². The number of nitrogens with zero attached hydrogens (tertiary/aromatic N) is 2. The van der Waals surface area contributed by atoms with E-state index in [-0.39, 0.29) is 37.8 Å². The summed E-state index contributed by atoms with van der Waals surface area (Å²) in [5, 5.41) is 20.5. The third-order valence-corrected chi connectivity index (χ3v) is 6.20. The van der Waals surface area contributed by atoms with Gasteiger partial charge in [0.1, 0.15) is 13.2 Å². The minimum Gasteiger partial charge on any atom is -0.486 e. The lowest BCUT2D eigenvalue weighted by Gasteiger charge is -2.21. The SMILES string of the molecule is C[C@@H]1CN(S(=O)(=O)c2cc3c(cc2[N+](=O)[O-])OCCO3)C[C@H]1C(=O)O. The van der Waals surface area contributed by atoms with Crippen LogP contribution in [0.1, 0.15) is 6.92 Å². The number of nitro groups is 1. The number of hydrogen-bond donors (Lipinski definition) is 1. The van der Waals surface area contributed by atoms with E-state index in [9.17, 15) is 28.4 Å². The van der Waals surface area contributed by atoms with Gasteiger partial charge in [-0.3, -0.25) is 14.9 Å². The molecule has 0 saturated carbocycles. The largest absolute Gasteiger partial charge is 0.486 e. The van der Waals surface area contributed by atoms with E-state index in [1.54, 1.807) is 6.92 Å². The van der Waals surface area contributed by atoms with Crippen molar-refractivity contribution < 1.29 is 32.7 Å². The Balaban J connectivity index is 2.05. The summed E-state index contributed by atoms with van der Waals surface area (Å²) in [5.74, 6) is -2.14. The predicted octanol–water partition coefficient (Wildman–Crippen LogP) is 0.707. The Morgan fingerprint density at radius 3 is 2.40 bits per heavy atom. The Morgan fingerprint density at radius 2 is 1.88 bits per heavy atom. The average Bonchev–Trinajstić information content (AvgIpc) is 2.96. The van der Waals surface area contributed by atoms with Gasteiger partial charge in [-0.2, -0.15) is 4.31 Å². The van der Waals surface area contributed by atoms with Crippen LogP contribution in [-0.2, 0) is 14.8 Å². The van der Waals surface area contributed by atoms with Crippen molar-refractivity contribution in [2.75, 3.05) is 26.3 Å². The Hall–Kier alpha value is -2.40. The van der Waals surface area contributed by atoms with Gasteiger partial charge >= 0.3 is 5.97 Å². The lowest BCUT2D eigenvalue weighted by molar-refractivity contribution is -0.388. The minimum absolute atomic E-state index is 0.0229. The summed E-state index contributed by atoms with van der Waals surface area (Å²) in [4.78, 5) is 21.2. The smallest absolute Gasteiger partial charge is 0.308 e. The van der Waals surface area contributed by atoms with E-state index in [4.69, 9.17) is 9.47 Å². The van der Waals surface area contributed by atoms with E-state index in [1.807, 2.05) is 0 Å². The van der Waals surface area contributed by atoms with Gasteiger partial charge in [0, 0.05) is 19.2 Å². The number of rotatable bonds is 4. The van der Waals surface area contributed by atoms with Crippen molar-refractivity contribution in [1.82, 2.24) is 4.31 Å². The molecular weight excluding hydrogens is 356 g/mol. The van der Waals surface area contributed by atoms with Gasteiger partial charge in [-0.15, -0.1) is 0 Å². The van der Waals surface area contributed by atoms with Crippen LogP contribution in [0.5, 0.6) is 11.5 Å². The van der Waals surface area contributed by atoms with Crippen LogP contribution in [0.4, 0.5) is 5.69 Å². The molecule has 0 spiro atoms. The molecule has 3 rings (SSSR count). The fourth-order valence-electron chi connectivity index (χ4n) is 2.99. The maximum atomic E-state index is 12.9. The Bertz CT molecular complexity index is 837. The van der Waals surface area contributed by atoms with E-state index in [0.717, 1.165) is 16.4 Å². The summed E-state index contributed by atoms with van der Waals surface area (Å²) in [5.41, 5.74) is -0.629. The molecule has 11 heteroatoms. The highest BCUT2D eigenvalue weighted by molar-refractivity contribution is 7.89. The van der Waals surface area contributed by atoms with E-state index >= 15 is 0 Å². The second kappa shape index (κ2) is 6.15. The molecule has 1 saturated heterocycles. The average molecular weight is 372 g/mol. The molecule has 1 aromatic rings. The monoisotopic (exact) mass is 372 g/mol. The van der Waals surface area contributed by atoms with Gasteiger partial charge < -0.3 is 14.6 Å². The van der Waals surface area contributed by atoms with Crippen molar-refractivity contribution in [2.24, 2.45) is 11.8 Å². The predicted molar refractivity (Wildman–Crippen MR) is 83.1 cm³/mol. The van der Waals surface area contributed by atoms with E-state index < -0.39 is 43.3 Å². The van der Waals surface area contributed by atoms with Crippen LogP contribution >= 0.6 is 0 Å². The maximum absolute atomic E-state index is 12.9. The fourth-order valence-corrected chi connectivity index (χ4v) is 4.71. The number of hydrogen-bond acceptors (Lipinski definition) is 7. The van der Waals surface area contributed by atoms with Gasteiger partial charge in [-0.05, 0) is 5.92 Å². The van der Waals surface area contributed by atoms with Crippen LogP contribution in [0.25, 0.3) is 0 Å². The molecule has 1 N–H and O–H groups in total. The highest BCUT2D eigenvalue weighted by Crippen LogP contribution is 2.40. The van der Waals surface area contributed by atoms with Gasteiger partial charge in [-0.1, -0.05) is 6.92 Å². The molecule has 0 amide bonds. The van der Waals surface area contributed by atoms with Crippen LogP contribution in [-0.4, -0.2) is 55.0 Å². The Labute approximate surface area is 143 Å². The van der Waals surface area contributed by atoms with Crippen molar-refractivity contribution in [1.29, 1.82) is 0 Å². The lowest BCUT2D eigenvalue weighted by atomic mass is 9.99. The molecule has 0 radical (unpaired) electrons. The molecule has 0 bridgehead atoms. The molecule has 2 aliphatic heterocycles. The second-order valence-corrected chi connectivity index (χ2v) is 7.87. The van der Waals surface area contributed by atoms with E-state index in [2.05, 4.69) is 0 Å². The summed E-state index contributed by atoms with van der Waals surface area (Å²) in [6.07, 6.45) is 0. The van der Waals surface area contributed by atoms with E-state index in [1.165, 1.54) is 0 Å². The van der Waals surface area contributed by atoms with Crippen molar-refractivity contribution >= 4 is 21.7 Å². The molecule has 136 valence electrons. The number of ether oxygens (including phenoxy) is 2. The van der Waals surface area contributed by atoms with Crippen molar-refractivity contribution in [2.45, 2.75) is 11.8 Å². The van der Waals surface area contributed by atoms with Crippen LogP contribution in [0.15, 0.2) is 17.0 Å². The third kappa shape index (κ3) is 3.00. The summed E-state index contributed by atoms with van der Waals surface area (Å²) in [6.45, 7) is 1.79. The zero-order chi connectivity index (χ0) is 18.4. The quantitative estimate of drug-likeness (QED) is 0.603. The number of nitro benzene ring substituents is 1. The highest BCUT2D eigenvalue weighted by atomic mass is 32.2. The lowest BCUT2D eigenvalue weighted by Crippen LogP contribution is -2.30. The number of aliphatic carboxylic acids is 1. The number of carboxylic acid groups (broad SMARTS) is 1.